The van der Waals surface area contributed by atoms with Crippen LogP contribution >= 0.6 is 0 Å². The number of hydrogen-bond acceptors (Lipinski definition) is 4. The summed E-state index contributed by atoms with van der Waals surface area (Å²) < 4.78 is 5.63. The highest BCUT2D eigenvalue weighted by Crippen LogP contribution is 2.32. The smallest absolute Gasteiger partial charge is 0.0472 e. The van der Waals surface area contributed by atoms with Gasteiger partial charge in [-0.3, -0.25) is 0 Å². The number of piperazine rings is 1. The summed E-state index contributed by atoms with van der Waals surface area (Å²) in [4.78, 5) is 5.24. The summed E-state index contributed by atoms with van der Waals surface area (Å²) in [5, 5.41) is 3.75. The normalized spacial score (nSPS) is 25.1. The lowest BCUT2D eigenvalue weighted by atomic mass is 9.78. The molecule has 0 atom stereocenters. The predicted octanol–water partition coefficient (Wildman–Crippen LogP) is 1.81. The van der Waals surface area contributed by atoms with Crippen molar-refractivity contribution in [1.29, 1.82) is 0 Å². The third-order valence-electron chi connectivity index (χ3n) is 5.02. The summed E-state index contributed by atoms with van der Waals surface area (Å²) in [6.45, 7) is 19.4. The van der Waals surface area contributed by atoms with Crippen molar-refractivity contribution in [3.05, 3.63) is 0 Å². The van der Waals surface area contributed by atoms with E-state index in [1.54, 1.807) is 0 Å². The van der Waals surface area contributed by atoms with Gasteiger partial charge in [0.1, 0.15) is 0 Å². The fourth-order valence-electron chi connectivity index (χ4n) is 3.39. The molecular formula is C17H35N3O. The standard InChI is InChI=1S/C17H35N3O/c1-5-19-8-10-20(11-9-19)15-17(6-12-21-13-7-17)14-18-16(2,3)4/h18H,5-15H2,1-4H3. The Bertz CT molecular complexity index is 300. The monoisotopic (exact) mass is 297 g/mol. The Balaban J connectivity index is 1.90. The van der Waals surface area contributed by atoms with Crippen LogP contribution in [-0.2, 0) is 4.74 Å². The first-order valence-corrected chi connectivity index (χ1v) is 8.70. The molecule has 2 fully saturated rings. The molecule has 0 aliphatic carbocycles. The van der Waals surface area contributed by atoms with Gasteiger partial charge < -0.3 is 19.9 Å². The first-order chi connectivity index (χ1) is 9.92. The molecule has 4 nitrogen and oxygen atoms in total. The van der Waals surface area contributed by atoms with Crippen LogP contribution in [0.2, 0.25) is 0 Å². The predicted molar refractivity (Wildman–Crippen MR) is 88.8 cm³/mol. The Morgan fingerprint density at radius 2 is 1.57 bits per heavy atom. The van der Waals surface area contributed by atoms with Gasteiger partial charge in [0.25, 0.3) is 0 Å². The molecule has 0 amide bonds. The molecule has 124 valence electrons. The third-order valence-corrected chi connectivity index (χ3v) is 5.02. The maximum absolute atomic E-state index is 5.63. The number of likely N-dealkylation sites (N-methyl/N-ethyl adjacent to an activating group) is 1. The SMILES string of the molecule is CCN1CCN(CC2(CNC(C)(C)C)CCOCC2)CC1. The maximum atomic E-state index is 5.63. The fraction of sp³-hybridized carbons (Fsp3) is 1.00. The number of hydrogen-bond donors (Lipinski definition) is 1. The van der Waals surface area contributed by atoms with Gasteiger partial charge in [0, 0.05) is 58.0 Å². The van der Waals surface area contributed by atoms with Crippen molar-refractivity contribution in [2.75, 3.05) is 59.0 Å². The lowest BCUT2D eigenvalue weighted by molar-refractivity contribution is -0.0145. The van der Waals surface area contributed by atoms with Crippen LogP contribution in [0.5, 0.6) is 0 Å². The molecule has 0 saturated carbocycles. The summed E-state index contributed by atoms with van der Waals surface area (Å²) in [6.07, 6.45) is 2.40. The highest BCUT2D eigenvalue weighted by molar-refractivity contribution is 4.90. The van der Waals surface area contributed by atoms with E-state index in [0.717, 1.165) is 19.8 Å². The van der Waals surface area contributed by atoms with Crippen molar-refractivity contribution in [1.82, 2.24) is 15.1 Å². The minimum Gasteiger partial charge on any atom is -0.381 e. The first-order valence-electron chi connectivity index (χ1n) is 8.70. The Kier molecular flexibility index (Phi) is 6.06. The Morgan fingerprint density at radius 3 is 2.10 bits per heavy atom. The van der Waals surface area contributed by atoms with E-state index < -0.39 is 0 Å². The van der Waals surface area contributed by atoms with Crippen molar-refractivity contribution in [3.8, 4) is 0 Å². The van der Waals surface area contributed by atoms with E-state index in [0.29, 0.717) is 5.41 Å². The molecule has 0 spiro atoms. The van der Waals surface area contributed by atoms with E-state index in [9.17, 15) is 0 Å². The molecule has 0 aromatic carbocycles. The second kappa shape index (κ2) is 7.40. The van der Waals surface area contributed by atoms with Crippen molar-refractivity contribution in [2.45, 2.75) is 46.1 Å². The minimum absolute atomic E-state index is 0.201. The van der Waals surface area contributed by atoms with Gasteiger partial charge in [-0.15, -0.1) is 0 Å². The van der Waals surface area contributed by atoms with Gasteiger partial charge in [-0.1, -0.05) is 6.92 Å². The summed E-state index contributed by atoms with van der Waals surface area (Å²) in [7, 11) is 0. The van der Waals surface area contributed by atoms with Gasteiger partial charge in [0.05, 0.1) is 0 Å². The fourth-order valence-corrected chi connectivity index (χ4v) is 3.39. The lowest BCUT2D eigenvalue weighted by Crippen LogP contribution is -2.54. The van der Waals surface area contributed by atoms with Gasteiger partial charge in [0.15, 0.2) is 0 Å². The summed E-state index contributed by atoms with van der Waals surface area (Å²) in [6, 6.07) is 0. The molecule has 2 aliphatic rings. The summed E-state index contributed by atoms with van der Waals surface area (Å²) in [5.74, 6) is 0. The second-order valence-corrected chi connectivity index (χ2v) is 7.93. The molecule has 0 bridgehead atoms. The Hall–Kier alpha value is -0.160. The van der Waals surface area contributed by atoms with Gasteiger partial charge in [-0.05, 0) is 45.6 Å². The quantitative estimate of drug-likeness (QED) is 0.837. The summed E-state index contributed by atoms with van der Waals surface area (Å²) >= 11 is 0. The molecule has 4 heteroatoms. The molecule has 21 heavy (non-hydrogen) atoms. The molecular weight excluding hydrogens is 262 g/mol. The van der Waals surface area contributed by atoms with Gasteiger partial charge in [-0.2, -0.15) is 0 Å². The van der Waals surface area contributed by atoms with Crippen LogP contribution in [-0.4, -0.2) is 74.4 Å². The molecule has 0 aromatic heterocycles. The largest absolute Gasteiger partial charge is 0.381 e. The lowest BCUT2D eigenvalue weighted by Gasteiger charge is -2.45. The van der Waals surface area contributed by atoms with Crippen LogP contribution in [0.1, 0.15) is 40.5 Å². The topological polar surface area (TPSA) is 27.7 Å². The van der Waals surface area contributed by atoms with E-state index in [1.165, 1.54) is 52.1 Å². The van der Waals surface area contributed by atoms with Crippen LogP contribution in [0.4, 0.5) is 0 Å². The number of nitrogens with one attached hydrogen (secondary N) is 1. The second-order valence-electron chi connectivity index (χ2n) is 7.93. The van der Waals surface area contributed by atoms with Crippen molar-refractivity contribution in [2.24, 2.45) is 5.41 Å². The maximum Gasteiger partial charge on any atom is 0.0472 e. The molecule has 0 radical (unpaired) electrons. The molecule has 0 aromatic rings. The molecule has 2 rings (SSSR count). The van der Waals surface area contributed by atoms with Crippen LogP contribution in [0, 0.1) is 5.41 Å². The molecule has 2 saturated heterocycles. The average molecular weight is 297 g/mol. The van der Waals surface area contributed by atoms with Gasteiger partial charge in [0.2, 0.25) is 0 Å². The Morgan fingerprint density at radius 1 is 1.00 bits per heavy atom. The van der Waals surface area contributed by atoms with E-state index in [2.05, 4.69) is 42.8 Å². The van der Waals surface area contributed by atoms with Gasteiger partial charge in [-0.25, -0.2) is 0 Å². The van der Waals surface area contributed by atoms with Crippen molar-refractivity contribution in [3.63, 3.8) is 0 Å². The Labute approximate surface area is 131 Å². The van der Waals surface area contributed by atoms with E-state index in [4.69, 9.17) is 4.74 Å². The van der Waals surface area contributed by atoms with E-state index in [1.807, 2.05) is 0 Å². The molecule has 1 N–H and O–H groups in total. The highest BCUT2D eigenvalue weighted by Gasteiger charge is 2.35. The van der Waals surface area contributed by atoms with Crippen molar-refractivity contribution < 1.29 is 4.74 Å². The molecule has 2 heterocycles. The van der Waals surface area contributed by atoms with Gasteiger partial charge >= 0.3 is 0 Å². The average Bonchev–Trinajstić information content (AvgIpc) is 2.46. The zero-order chi connectivity index (χ0) is 15.3. The third kappa shape index (κ3) is 5.51. The highest BCUT2D eigenvalue weighted by atomic mass is 16.5. The molecule has 0 unspecified atom stereocenters. The zero-order valence-electron chi connectivity index (χ0n) is 14.6. The van der Waals surface area contributed by atoms with Crippen LogP contribution in [0.3, 0.4) is 0 Å². The van der Waals surface area contributed by atoms with Crippen LogP contribution in [0.15, 0.2) is 0 Å². The number of rotatable bonds is 5. The number of nitrogens with zero attached hydrogens (tertiary/aromatic N) is 2. The molecule has 2 aliphatic heterocycles. The van der Waals surface area contributed by atoms with Crippen molar-refractivity contribution >= 4 is 0 Å². The van der Waals surface area contributed by atoms with E-state index >= 15 is 0 Å². The minimum atomic E-state index is 0.201. The zero-order valence-corrected chi connectivity index (χ0v) is 14.6. The van der Waals surface area contributed by atoms with E-state index in [-0.39, 0.29) is 5.54 Å². The van der Waals surface area contributed by atoms with Crippen LogP contribution < -0.4 is 5.32 Å². The number of ether oxygens (including phenoxy) is 1. The summed E-state index contributed by atoms with van der Waals surface area (Å²) in [5.41, 5.74) is 0.603. The first kappa shape index (κ1) is 17.2. The van der Waals surface area contributed by atoms with Crippen LogP contribution in [0.25, 0.3) is 0 Å².